The highest BCUT2D eigenvalue weighted by Crippen LogP contribution is 1.84. The highest BCUT2D eigenvalue weighted by molar-refractivity contribution is 4.40. The summed E-state index contributed by atoms with van der Waals surface area (Å²) in [7, 11) is 0. The van der Waals surface area contributed by atoms with Gasteiger partial charge in [0.2, 0.25) is 0 Å². The Balaban J connectivity index is 0. The van der Waals surface area contributed by atoms with Crippen molar-refractivity contribution in [1.82, 2.24) is 10.0 Å². The summed E-state index contributed by atoms with van der Waals surface area (Å²) < 4.78 is 0. The van der Waals surface area contributed by atoms with E-state index in [-0.39, 0.29) is 24.0 Å². The van der Waals surface area contributed by atoms with Gasteiger partial charge in [0.25, 0.3) is 0 Å². The van der Waals surface area contributed by atoms with Crippen molar-refractivity contribution in [2.24, 2.45) is 0 Å². The standard InChI is InChI=1S/C11H27N3.HI/c1-7-12(8-2)14(11(5)6)13(9-3)10-4;/h11H,7-10H2,1-6H3;1H. The number of nitrogens with zero attached hydrogens (tertiary/aromatic N) is 2. The van der Waals surface area contributed by atoms with E-state index < -0.39 is 0 Å². The zero-order valence-corrected chi connectivity index (χ0v) is 13.3. The van der Waals surface area contributed by atoms with E-state index in [9.17, 15) is 0 Å². The Morgan fingerprint density at radius 3 is 1.20 bits per heavy atom. The monoisotopic (exact) mass is 329 g/mol. The van der Waals surface area contributed by atoms with E-state index in [0.29, 0.717) is 6.04 Å². The number of rotatable bonds is 7. The van der Waals surface area contributed by atoms with E-state index in [0.717, 1.165) is 26.2 Å². The van der Waals surface area contributed by atoms with Crippen LogP contribution in [0.2, 0.25) is 0 Å². The molecule has 0 aromatic carbocycles. The van der Waals surface area contributed by atoms with Crippen molar-refractivity contribution in [3.63, 3.8) is 0 Å². The van der Waals surface area contributed by atoms with Crippen LogP contribution in [-0.2, 0) is 0 Å². The molecule has 0 radical (unpaired) electrons. The average molecular weight is 329 g/mol. The molecule has 3 nitrogen and oxygen atoms in total. The molecule has 0 saturated carbocycles. The first-order valence-electron chi connectivity index (χ1n) is 5.98. The van der Waals surface area contributed by atoms with Crippen LogP contribution in [0.1, 0.15) is 41.5 Å². The number of hydrogen-bond donors (Lipinski definition) is 1. The Bertz CT molecular complexity index is 122. The molecule has 0 saturated heterocycles. The molecule has 0 aliphatic rings. The fourth-order valence-electron chi connectivity index (χ4n) is 2.03. The fourth-order valence-corrected chi connectivity index (χ4v) is 2.03. The van der Waals surface area contributed by atoms with Gasteiger partial charge in [-0.25, -0.2) is 0 Å². The number of hydrogen-bond acceptors (Lipinski definition) is 2. The van der Waals surface area contributed by atoms with Crippen molar-refractivity contribution in [2.75, 3.05) is 26.2 Å². The van der Waals surface area contributed by atoms with E-state index in [1.807, 2.05) is 0 Å². The van der Waals surface area contributed by atoms with E-state index >= 15 is 0 Å². The van der Waals surface area contributed by atoms with Gasteiger partial charge >= 0.3 is 0 Å². The Labute approximate surface area is 113 Å². The summed E-state index contributed by atoms with van der Waals surface area (Å²) in [6.45, 7) is 17.9. The summed E-state index contributed by atoms with van der Waals surface area (Å²) in [6.07, 6.45) is 0. The van der Waals surface area contributed by atoms with Gasteiger partial charge in [-0.2, -0.15) is 5.12 Å². The molecule has 94 valence electrons. The van der Waals surface area contributed by atoms with E-state index in [1.165, 1.54) is 5.12 Å². The van der Waals surface area contributed by atoms with E-state index in [1.54, 1.807) is 0 Å². The molecule has 4 heteroatoms. The molecule has 0 rings (SSSR count). The lowest BCUT2D eigenvalue weighted by molar-refractivity contribution is -1.13. The first-order valence-corrected chi connectivity index (χ1v) is 5.98. The maximum atomic E-state index is 2.47. The van der Waals surface area contributed by atoms with Gasteiger partial charge in [0.1, 0.15) is 6.04 Å². The van der Waals surface area contributed by atoms with Crippen LogP contribution in [0.5, 0.6) is 0 Å². The third kappa shape index (κ3) is 5.47. The predicted octanol–water partition coefficient (Wildman–Crippen LogP) is -2.20. The molecule has 0 aliphatic carbocycles. The molecule has 0 aliphatic heterocycles. The average Bonchev–Trinajstić information content (AvgIpc) is 2.18. The third-order valence-corrected chi connectivity index (χ3v) is 2.69. The van der Waals surface area contributed by atoms with E-state index in [2.05, 4.69) is 51.6 Å². The molecule has 0 aromatic rings. The lowest BCUT2D eigenvalue weighted by atomic mass is 10.4. The lowest BCUT2D eigenvalue weighted by Crippen LogP contribution is -3.26. The molecular formula is C11H28IN3. The molecule has 0 aromatic heterocycles. The molecule has 15 heavy (non-hydrogen) atoms. The number of nitrogens with one attached hydrogen (secondary N) is 1. The Morgan fingerprint density at radius 1 is 0.800 bits per heavy atom. The van der Waals surface area contributed by atoms with Gasteiger partial charge in [-0.05, 0) is 41.5 Å². The predicted molar refractivity (Wildman–Crippen MR) is 61.9 cm³/mol. The first-order chi connectivity index (χ1) is 6.62. The highest BCUT2D eigenvalue weighted by Gasteiger charge is 2.25. The van der Waals surface area contributed by atoms with Crippen LogP contribution < -0.4 is 29.1 Å². The van der Waals surface area contributed by atoms with Crippen LogP contribution >= 0.6 is 0 Å². The van der Waals surface area contributed by atoms with Gasteiger partial charge in [-0.15, -0.1) is 10.0 Å². The second-order valence-electron chi connectivity index (χ2n) is 3.86. The zero-order valence-electron chi connectivity index (χ0n) is 11.2. The zero-order chi connectivity index (χ0) is 11.1. The summed E-state index contributed by atoms with van der Waals surface area (Å²) >= 11 is 0. The Hall–Kier alpha value is 0.610. The van der Waals surface area contributed by atoms with Crippen molar-refractivity contribution in [1.29, 1.82) is 0 Å². The van der Waals surface area contributed by atoms with Gasteiger partial charge in [0, 0.05) is 26.2 Å². The summed E-state index contributed by atoms with van der Waals surface area (Å²) in [5.74, 6) is 0. The fraction of sp³-hybridized carbons (Fsp3) is 1.00. The number of halogens is 1. The molecule has 0 heterocycles. The number of quaternary nitrogens is 1. The Morgan fingerprint density at radius 2 is 1.07 bits per heavy atom. The van der Waals surface area contributed by atoms with Gasteiger partial charge in [0.05, 0.1) is 0 Å². The maximum Gasteiger partial charge on any atom is 0.118 e. The van der Waals surface area contributed by atoms with Crippen LogP contribution in [-0.4, -0.2) is 42.2 Å². The van der Waals surface area contributed by atoms with Crippen molar-refractivity contribution >= 4 is 0 Å². The summed E-state index contributed by atoms with van der Waals surface area (Å²) in [5.41, 5.74) is 0. The topological polar surface area (TPSA) is 10.9 Å². The molecular weight excluding hydrogens is 301 g/mol. The first kappa shape index (κ1) is 18.0. The summed E-state index contributed by atoms with van der Waals surface area (Å²) in [4.78, 5) is 0. The molecule has 1 N–H and O–H groups in total. The normalized spacial score (nSPS) is 11.6. The van der Waals surface area contributed by atoms with Crippen molar-refractivity contribution in [3.05, 3.63) is 0 Å². The smallest absolute Gasteiger partial charge is 0.118 e. The SMILES string of the molecule is CCN(CC)[NH+](C(C)C)N(CC)CC.[I-]. The van der Waals surface area contributed by atoms with Crippen LogP contribution in [0.15, 0.2) is 0 Å². The molecule has 0 unspecified atom stereocenters. The largest absolute Gasteiger partial charge is 1.00 e. The Kier molecular flexibility index (Phi) is 11.8. The van der Waals surface area contributed by atoms with Crippen molar-refractivity contribution in [2.45, 2.75) is 47.6 Å². The van der Waals surface area contributed by atoms with Crippen molar-refractivity contribution in [3.8, 4) is 0 Å². The second kappa shape index (κ2) is 9.81. The maximum absolute atomic E-state index is 2.47. The summed E-state index contributed by atoms with van der Waals surface area (Å²) in [6, 6.07) is 0.620. The van der Waals surface area contributed by atoms with Crippen LogP contribution in [0.25, 0.3) is 0 Å². The minimum Gasteiger partial charge on any atom is -1.00 e. The van der Waals surface area contributed by atoms with Gasteiger partial charge in [0.15, 0.2) is 0 Å². The minimum atomic E-state index is 0. The van der Waals surface area contributed by atoms with Gasteiger partial charge in [-0.3, -0.25) is 0 Å². The molecule has 0 fully saturated rings. The third-order valence-electron chi connectivity index (χ3n) is 2.69. The minimum absolute atomic E-state index is 0. The lowest BCUT2D eigenvalue weighted by Gasteiger charge is -2.38. The molecule has 0 spiro atoms. The van der Waals surface area contributed by atoms with Gasteiger partial charge in [-0.1, -0.05) is 0 Å². The van der Waals surface area contributed by atoms with Crippen LogP contribution in [0.3, 0.4) is 0 Å². The van der Waals surface area contributed by atoms with Crippen LogP contribution in [0, 0.1) is 0 Å². The summed E-state index contributed by atoms with van der Waals surface area (Å²) in [5, 5.41) is 6.44. The van der Waals surface area contributed by atoms with E-state index in [4.69, 9.17) is 0 Å². The molecule has 0 bridgehead atoms. The molecule has 0 amide bonds. The quantitative estimate of drug-likeness (QED) is 0.420. The molecule has 0 atom stereocenters. The second-order valence-corrected chi connectivity index (χ2v) is 3.86. The van der Waals surface area contributed by atoms with Gasteiger partial charge < -0.3 is 24.0 Å². The highest BCUT2D eigenvalue weighted by atomic mass is 127. The van der Waals surface area contributed by atoms with Crippen molar-refractivity contribution < 1.29 is 29.1 Å². The van der Waals surface area contributed by atoms with Crippen LogP contribution in [0.4, 0.5) is 0 Å².